The maximum Gasteiger partial charge on any atom is 0.162 e. The molecule has 1 saturated heterocycles. The van der Waals surface area contributed by atoms with Crippen molar-refractivity contribution in [3.8, 4) is 0 Å². The minimum Gasteiger partial charge on any atom is -0.316 e. The zero-order chi connectivity index (χ0) is 14.8. The highest BCUT2D eigenvalue weighted by Gasteiger charge is 2.30. The summed E-state index contributed by atoms with van der Waals surface area (Å²) < 4.78 is 41.0. The quantitative estimate of drug-likeness (QED) is 0.883. The summed E-state index contributed by atoms with van der Waals surface area (Å²) in [5, 5.41) is 3.25. The molecule has 0 aromatic heterocycles. The standard InChI is InChI=1S/C17H16F3N/c18-12-4-1-3-11(9-12)15-10-21-8-7-13(15)14-5-2-6-16(19)17(14)20/h1-6,9,13,15,21H,7-8,10H2. The molecule has 0 amide bonds. The number of benzene rings is 2. The Morgan fingerprint density at radius 1 is 0.952 bits per heavy atom. The largest absolute Gasteiger partial charge is 0.316 e. The fourth-order valence-electron chi connectivity index (χ4n) is 3.13. The van der Waals surface area contributed by atoms with Crippen LogP contribution in [0, 0.1) is 17.5 Å². The maximum absolute atomic E-state index is 14.1. The van der Waals surface area contributed by atoms with Gasteiger partial charge in [0.05, 0.1) is 0 Å². The second kappa shape index (κ2) is 5.90. The van der Waals surface area contributed by atoms with Crippen molar-refractivity contribution in [1.29, 1.82) is 0 Å². The van der Waals surface area contributed by atoms with Gasteiger partial charge in [-0.3, -0.25) is 0 Å². The molecule has 110 valence electrons. The molecular formula is C17H16F3N. The van der Waals surface area contributed by atoms with Gasteiger partial charge in [0.25, 0.3) is 0 Å². The van der Waals surface area contributed by atoms with E-state index in [-0.39, 0.29) is 17.7 Å². The van der Waals surface area contributed by atoms with Crippen molar-refractivity contribution in [2.75, 3.05) is 13.1 Å². The smallest absolute Gasteiger partial charge is 0.162 e. The predicted octanol–water partition coefficient (Wildman–Crippen LogP) is 3.96. The molecule has 1 aliphatic heterocycles. The molecule has 2 unspecified atom stereocenters. The topological polar surface area (TPSA) is 12.0 Å². The van der Waals surface area contributed by atoms with Crippen LogP contribution in [0.25, 0.3) is 0 Å². The van der Waals surface area contributed by atoms with E-state index in [0.717, 1.165) is 18.2 Å². The first kappa shape index (κ1) is 14.1. The van der Waals surface area contributed by atoms with E-state index < -0.39 is 11.6 Å². The molecule has 1 nitrogen and oxygen atoms in total. The molecule has 0 bridgehead atoms. The average Bonchev–Trinajstić information content (AvgIpc) is 2.50. The third-order valence-corrected chi connectivity index (χ3v) is 4.14. The highest BCUT2D eigenvalue weighted by Crippen LogP contribution is 2.38. The Labute approximate surface area is 121 Å². The minimum atomic E-state index is -0.830. The van der Waals surface area contributed by atoms with Crippen molar-refractivity contribution < 1.29 is 13.2 Å². The summed E-state index contributed by atoms with van der Waals surface area (Å²) in [6, 6.07) is 10.6. The SMILES string of the molecule is Fc1cccc(C2CNCCC2c2cccc(F)c2F)c1. The third-order valence-electron chi connectivity index (χ3n) is 4.14. The molecule has 0 saturated carbocycles. The van der Waals surface area contributed by atoms with E-state index in [0.29, 0.717) is 18.5 Å². The van der Waals surface area contributed by atoms with Gasteiger partial charge < -0.3 is 5.32 Å². The molecule has 1 N–H and O–H groups in total. The Morgan fingerprint density at radius 2 is 1.76 bits per heavy atom. The molecule has 0 spiro atoms. The number of halogens is 3. The van der Waals surface area contributed by atoms with Crippen LogP contribution < -0.4 is 5.32 Å². The minimum absolute atomic E-state index is 0.0641. The van der Waals surface area contributed by atoms with Gasteiger partial charge >= 0.3 is 0 Å². The van der Waals surface area contributed by atoms with Crippen molar-refractivity contribution >= 4 is 0 Å². The number of rotatable bonds is 2. The molecule has 0 aliphatic carbocycles. The van der Waals surface area contributed by atoms with Gasteiger partial charge in [0.15, 0.2) is 11.6 Å². The first-order chi connectivity index (χ1) is 10.2. The molecule has 3 rings (SSSR count). The van der Waals surface area contributed by atoms with Crippen LogP contribution >= 0.6 is 0 Å². The second-order valence-electron chi connectivity index (χ2n) is 5.40. The maximum atomic E-state index is 14.1. The molecule has 1 fully saturated rings. The Balaban J connectivity index is 2.00. The zero-order valence-corrected chi connectivity index (χ0v) is 11.5. The van der Waals surface area contributed by atoms with Gasteiger partial charge in [-0.1, -0.05) is 24.3 Å². The van der Waals surface area contributed by atoms with Gasteiger partial charge in [-0.25, -0.2) is 13.2 Å². The highest BCUT2D eigenvalue weighted by molar-refractivity contribution is 5.31. The molecule has 1 aliphatic rings. The summed E-state index contributed by atoms with van der Waals surface area (Å²) >= 11 is 0. The monoisotopic (exact) mass is 291 g/mol. The number of hydrogen-bond acceptors (Lipinski definition) is 1. The van der Waals surface area contributed by atoms with E-state index >= 15 is 0 Å². The van der Waals surface area contributed by atoms with Crippen molar-refractivity contribution in [2.24, 2.45) is 0 Å². The summed E-state index contributed by atoms with van der Waals surface area (Å²) in [4.78, 5) is 0. The van der Waals surface area contributed by atoms with Crippen molar-refractivity contribution in [2.45, 2.75) is 18.3 Å². The van der Waals surface area contributed by atoms with Gasteiger partial charge in [-0.05, 0) is 48.2 Å². The summed E-state index contributed by atoms with van der Waals surface area (Å²) in [6.07, 6.45) is 0.696. The van der Waals surface area contributed by atoms with Crippen molar-refractivity contribution in [3.63, 3.8) is 0 Å². The Kier molecular flexibility index (Phi) is 3.97. The third kappa shape index (κ3) is 2.81. The van der Waals surface area contributed by atoms with Crippen molar-refractivity contribution in [1.82, 2.24) is 5.32 Å². The van der Waals surface area contributed by atoms with E-state index in [4.69, 9.17) is 0 Å². The van der Waals surface area contributed by atoms with Crippen LogP contribution in [0.4, 0.5) is 13.2 Å². The van der Waals surface area contributed by atoms with E-state index in [1.807, 2.05) is 6.07 Å². The first-order valence-electron chi connectivity index (χ1n) is 7.07. The molecule has 1 heterocycles. The normalized spacial score (nSPS) is 22.2. The molecular weight excluding hydrogens is 275 g/mol. The molecule has 0 radical (unpaired) electrons. The summed E-state index contributed by atoms with van der Waals surface area (Å²) in [6.45, 7) is 1.37. The summed E-state index contributed by atoms with van der Waals surface area (Å²) in [5.41, 5.74) is 1.20. The Bertz CT molecular complexity index is 642. The van der Waals surface area contributed by atoms with Gasteiger partial charge in [0, 0.05) is 12.5 Å². The number of piperidine rings is 1. The van der Waals surface area contributed by atoms with Crippen LogP contribution in [0.15, 0.2) is 42.5 Å². The van der Waals surface area contributed by atoms with Gasteiger partial charge in [0.2, 0.25) is 0 Å². The molecule has 2 aromatic rings. The number of nitrogens with one attached hydrogen (secondary N) is 1. The number of hydrogen-bond donors (Lipinski definition) is 1. The van der Waals surface area contributed by atoms with Crippen LogP contribution in [-0.4, -0.2) is 13.1 Å². The van der Waals surface area contributed by atoms with Crippen molar-refractivity contribution in [3.05, 3.63) is 71.0 Å². The van der Waals surface area contributed by atoms with E-state index in [2.05, 4.69) is 5.32 Å². The second-order valence-corrected chi connectivity index (χ2v) is 5.40. The van der Waals surface area contributed by atoms with E-state index in [1.165, 1.54) is 18.2 Å². The van der Waals surface area contributed by atoms with Crippen LogP contribution in [0.1, 0.15) is 29.4 Å². The Hall–Kier alpha value is -1.81. The van der Waals surface area contributed by atoms with E-state index in [9.17, 15) is 13.2 Å². The fraction of sp³-hybridized carbons (Fsp3) is 0.294. The van der Waals surface area contributed by atoms with Gasteiger partial charge in [-0.15, -0.1) is 0 Å². The van der Waals surface area contributed by atoms with Crippen LogP contribution in [0.2, 0.25) is 0 Å². The fourth-order valence-corrected chi connectivity index (χ4v) is 3.13. The lowest BCUT2D eigenvalue weighted by atomic mass is 9.77. The Morgan fingerprint density at radius 3 is 2.57 bits per heavy atom. The summed E-state index contributed by atoms with van der Waals surface area (Å²) in [7, 11) is 0. The molecule has 21 heavy (non-hydrogen) atoms. The van der Waals surface area contributed by atoms with Crippen LogP contribution in [0.5, 0.6) is 0 Å². The zero-order valence-electron chi connectivity index (χ0n) is 11.5. The lowest BCUT2D eigenvalue weighted by Gasteiger charge is -2.33. The molecule has 4 heteroatoms. The first-order valence-corrected chi connectivity index (χ1v) is 7.07. The van der Waals surface area contributed by atoms with Gasteiger partial charge in [-0.2, -0.15) is 0 Å². The van der Waals surface area contributed by atoms with Crippen LogP contribution in [-0.2, 0) is 0 Å². The van der Waals surface area contributed by atoms with Gasteiger partial charge in [0.1, 0.15) is 5.82 Å². The summed E-state index contributed by atoms with van der Waals surface area (Å²) in [5.74, 6) is -2.14. The average molecular weight is 291 g/mol. The lowest BCUT2D eigenvalue weighted by molar-refractivity contribution is 0.385. The van der Waals surface area contributed by atoms with Crippen LogP contribution in [0.3, 0.4) is 0 Å². The molecule has 2 aromatic carbocycles. The lowest BCUT2D eigenvalue weighted by Crippen LogP contribution is -2.34. The highest BCUT2D eigenvalue weighted by atomic mass is 19.2. The molecule has 2 atom stereocenters. The van der Waals surface area contributed by atoms with E-state index in [1.54, 1.807) is 12.1 Å². The predicted molar refractivity (Wildman–Crippen MR) is 75.7 cm³/mol.